The molecule has 0 aliphatic carbocycles. The lowest BCUT2D eigenvalue weighted by Gasteiger charge is -2.20. The van der Waals surface area contributed by atoms with Crippen LogP contribution in [0.2, 0.25) is 0 Å². The van der Waals surface area contributed by atoms with Gasteiger partial charge in [0, 0.05) is 32.9 Å². The Balaban J connectivity index is 1.80. The number of hydrogen-bond donors (Lipinski definition) is 2. The summed E-state index contributed by atoms with van der Waals surface area (Å²) in [4.78, 5) is 14.7. The Morgan fingerprint density at radius 1 is 1.11 bits per heavy atom. The van der Waals surface area contributed by atoms with Crippen molar-refractivity contribution in [1.29, 1.82) is 0 Å². The topological polar surface area (TPSA) is 81.8 Å². The first kappa shape index (κ1) is 20.2. The zero-order valence-electron chi connectivity index (χ0n) is 16.4. The third-order valence-corrected chi connectivity index (χ3v) is 6.57. The van der Waals surface area contributed by atoms with E-state index in [1.165, 1.54) is 24.0 Å². The highest BCUT2D eigenvalue weighted by molar-refractivity contribution is 7.89. The number of carbonyl (C=O) groups excluding carboxylic acids is 1. The fourth-order valence-corrected chi connectivity index (χ4v) is 4.18. The monoisotopic (exact) mass is 402 g/mol. The van der Waals surface area contributed by atoms with E-state index in [9.17, 15) is 13.2 Å². The van der Waals surface area contributed by atoms with Gasteiger partial charge in [0.05, 0.1) is 22.8 Å². The molecule has 1 aliphatic heterocycles. The summed E-state index contributed by atoms with van der Waals surface area (Å²) in [7, 11) is -0.565. The van der Waals surface area contributed by atoms with Crippen LogP contribution in [0.4, 0.5) is 17.1 Å². The van der Waals surface area contributed by atoms with E-state index < -0.39 is 10.0 Å². The molecule has 0 radical (unpaired) electrons. The molecule has 1 aliphatic rings. The molecule has 8 heteroatoms. The van der Waals surface area contributed by atoms with Crippen LogP contribution in [0.3, 0.4) is 0 Å². The first-order valence-corrected chi connectivity index (χ1v) is 10.7. The van der Waals surface area contributed by atoms with Gasteiger partial charge in [-0.2, -0.15) is 0 Å². The molecule has 0 atom stereocenters. The first-order valence-electron chi connectivity index (χ1n) is 9.27. The Labute approximate surface area is 166 Å². The number of carbonyl (C=O) groups is 1. The number of para-hydroxylation sites is 1. The van der Waals surface area contributed by atoms with Crippen molar-refractivity contribution in [3.05, 3.63) is 48.0 Å². The average molecular weight is 403 g/mol. The number of hydrogen-bond acceptors (Lipinski definition) is 5. The van der Waals surface area contributed by atoms with Crippen molar-refractivity contribution >= 4 is 33.0 Å². The van der Waals surface area contributed by atoms with E-state index in [4.69, 9.17) is 0 Å². The van der Waals surface area contributed by atoms with E-state index in [0.29, 0.717) is 18.8 Å². The van der Waals surface area contributed by atoms with Gasteiger partial charge in [0.2, 0.25) is 15.9 Å². The van der Waals surface area contributed by atoms with Crippen LogP contribution < -0.4 is 15.5 Å². The van der Waals surface area contributed by atoms with Gasteiger partial charge in [0.25, 0.3) is 0 Å². The zero-order valence-corrected chi connectivity index (χ0v) is 17.2. The number of anilines is 3. The summed E-state index contributed by atoms with van der Waals surface area (Å²) in [6.45, 7) is 3.38. The van der Waals surface area contributed by atoms with Gasteiger partial charge >= 0.3 is 0 Å². The average Bonchev–Trinajstić information content (AvgIpc) is 3.11. The van der Waals surface area contributed by atoms with Crippen LogP contribution >= 0.6 is 0 Å². The van der Waals surface area contributed by atoms with Gasteiger partial charge in [0.15, 0.2) is 0 Å². The van der Waals surface area contributed by atoms with E-state index in [2.05, 4.69) is 10.6 Å². The Kier molecular flexibility index (Phi) is 5.90. The maximum atomic E-state index is 12.8. The smallest absolute Gasteiger partial charge is 0.246 e. The van der Waals surface area contributed by atoms with Crippen molar-refractivity contribution in [2.45, 2.75) is 18.2 Å². The van der Waals surface area contributed by atoms with Crippen LogP contribution in [0.25, 0.3) is 0 Å². The molecule has 0 saturated heterocycles. The van der Waals surface area contributed by atoms with Crippen LogP contribution in [0.15, 0.2) is 47.4 Å². The van der Waals surface area contributed by atoms with Crippen LogP contribution in [-0.2, 0) is 21.2 Å². The van der Waals surface area contributed by atoms with E-state index in [1.54, 1.807) is 23.1 Å². The highest BCUT2D eigenvalue weighted by atomic mass is 32.2. The van der Waals surface area contributed by atoms with Gasteiger partial charge in [-0.3, -0.25) is 4.79 Å². The Morgan fingerprint density at radius 3 is 2.57 bits per heavy atom. The Hall–Kier alpha value is -2.58. The molecule has 0 bridgehead atoms. The van der Waals surface area contributed by atoms with Gasteiger partial charge in [-0.1, -0.05) is 18.2 Å². The Morgan fingerprint density at radius 2 is 1.86 bits per heavy atom. The maximum Gasteiger partial charge on any atom is 0.246 e. The lowest BCUT2D eigenvalue weighted by atomic mass is 10.2. The second-order valence-corrected chi connectivity index (χ2v) is 8.95. The van der Waals surface area contributed by atoms with Crippen LogP contribution in [0.5, 0.6) is 0 Å². The predicted molar refractivity (Wildman–Crippen MR) is 112 cm³/mol. The summed E-state index contributed by atoms with van der Waals surface area (Å²) in [5.74, 6) is -0.0479. The zero-order chi connectivity index (χ0) is 20.3. The number of benzene rings is 2. The predicted octanol–water partition coefficient (Wildman–Crippen LogP) is 2.37. The van der Waals surface area contributed by atoms with Gasteiger partial charge in [-0.15, -0.1) is 0 Å². The second kappa shape index (κ2) is 8.20. The molecule has 7 nitrogen and oxygen atoms in total. The molecular formula is C20H26N4O3S. The van der Waals surface area contributed by atoms with Crippen molar-refractivity contribution in [2.75, 3.05) is 49.3 Å². The maximum absolute atomic E-state index is 12.8. The van der Waals surface area contributed by atoms with Crippen molar-refractivity contribution in [2.24, 2.45) is 0 Å². The highest BCUT2D eigenvalue weighted by Gasteiger charge is 2.24. The third-order valence-electron chi connectivity index (χ3n) is 4.76. The van der Waals surface area contributed by atoms with Gasteiger partial charge in [-0.25, -0.2) is 12.7 Å². The number of sulfonamides is 1. The molecule has 0 fully saturated rings. The normalized spacial score (nSPS) is 13.5. The molecule has 2 aromatic carbocycles. The summed E-state index contributed by atoms with van der Waals surface area (Å²) in [5, 5.41) is 6.32. The molecule has 1 heterocycles. The van der Waals surface area contributed by atoms with Gasteiger partial charge < -0.3 is 15.5 Å². The van der Waals surface area contributed by atoms with Crippen LogP contribution in [-0.4, -0.2) is 52.4 Å². The Bertz CT molecular complexity index is 973. The van der Waals surface area contributed by atoms with Crippen molar-refractivity contribution in [1.82, 2.24) is 4.31 Å². The number of rotatable bonds is 7. The highest BCUT2D eigenvalue weighted by Crippen LogP contribution is 2.29. The molecule has 0 spiro atoms. The summed E-state index contributed by atoms with van der Waals surface area (Å²) >= 11 is 0. The largest absolute Gasteiger partial charge is 0.384 e. The summed E-state index contributed by atoms with van der Waals surface area (Å²) in [5.41, 5.74) is 3.47. The lowest BCUT2D eigenvalue weighted by molar-refractivity contribution is -0.116. The minimum atomic E-state index is -3.56. The fraction of sp³-hybridized carbons (Fsp3) is 0.350. The molecule has 1 amide bonds. The molecule has 0 aromatic heterocycles. The fourth-order valence-electron chi connectivity index (χ4n) is 3.25. The number of amides is 1. The van der Waals surface area contributed by atoms with E-state index >= 15 is 0 Å². The van der Waals surface area contributed by atoms with Gasteiger partial charge in [-0.05, 0) is 43.2 Å². The first-order chi connectivity index (χ1) is 13.3. The van der Waals surface area contributed by atoms with E-state index in [0.717, 1.165) is 17.8 Å². The van der Waals surface area contributed by atoms with Crippen LogP contribution in [0.1, 0.15) is 12.5 Å². The molecule has 0 saturated carbocycles. The van der Waals surface area contributed by atoms with Crippen molar-refractivity contribution in [3.63, 3.8) is 0 Å². The third kappa shape index (κ3) is 3.98. The molecule has 2 N–H and O–H groups in total. The molecule has 28 heavy (non-hydrogen) atoms. The SMILES string of the molecule is CCNc1ccc(S(=O)(=O)N(C)C)cc1NCC(=O)N1CCc2ccccc21. The standard InChI is InChI=1S/C20H26N4O3S/c1-4-21-17-10-9-16(28(26,27)23(2)3)13-18(17)22-14-20(25)24-12-11-15-7-5-6-8-19(15)24/h5-10,13,21-22H,4,11-12,14H2,1-3H3. The number of nitrogens with zero attached hydrogens (tertiary/aromatic N) is 2. The number of fused-ring (bicyclic) bond motifs is 1. The lowest BCUT2D eigenvalue weighted by Crippen LogP contribution is -2.34. The molecule has 0 unspecified atom stereocenters. The minimum Gasteiger partial charge on any atom is -0.384 e. The van der Waals surface area contributed by atoms with E-state index in [1.807, 2.05) is 31.2 Å². The van der Waals surface area contributed by atoms with Gasteiger partial charge in [0.1, 0.15) is 0 Å². The van der Waals surface area contributed by atoms with E-state index in [-0.39, 0.29) is 17.3 Å². The van der Waals surface area contributed by atoms with Crippen LogP contribution in [0, 0.1) is 0 Å². The molecule has 2 aromatic rings. The quantitative estimate of drug-likeness (QED) is 0.743. The van der Waals surface area contributed by atoms with Crippen molar-refractivity contribution in [3.8, 4) is 0 Å². The molecular weight excluding hydrogens is 376 g/mol. The number of nitrogens with one attached hydrogen (secondary N) is 2. The summed E-state index contributed by atoms with van der Waals surface area (Å²) in [6, 6.07) is 12.7. The summed E-state index contributed by atoms with van der Waals surface area (Å²) in [6.07, 6.45) is 0.848. The second-order valence-electron chi connectivity index (χ2n) is 6.80. The van der Waals surface area contributed by atoms with Crippen molar-refractivity contribution < 1.29 is 13.2 Å². The molecule has 3 rings (SSSR count). The minimum absolute atomic E-state index is 0.0479. The summed E-state index contributed by atoms with van der Waals surface area (Å²) < 4.78 is 26.1. The molecule has 150 valence electrons.